The van der Waals surface area contributed by atoms with E-state index in [0.29, 0.717) is 5.76 Å². The van der Waals surface area contributed by atoms with Gasteiger partial charge in [0, 0.05) is 7.11 Å². The molecule has 0 radical (unpaired) electrons. The highest BCUT2D eigenvalue weighted by Gasteiger charge is 2.57. The van der Waals surface area contributed by atoms with Crippen LogP contribution in [0.15, 0.2) is 22.8 Å². The zero-order valence-electron chi connectivity index (χ0n) is 11.2. The van der Waals surface area contributed by atoms with Gasteiger partial charge in [-0.2, -0.15) is 0 Å². The summed E-state index contributed by atoms with van der Waals surface area (Å²) in [6.45, 7) is 3.74. The van der Waals surface area contributed by atoms with Crippen molar-refractivity contribution in [2.75, 3.05) is 7.11 Å². The van der Waals surface area contributed by atoms with Crippen LogP contribution >= 0.6 is 0 Å². The zero-order valence-corrected chi connectivity index (χ0v) is 11.2. The van der Waals surface area contributed by atoms with Crippen LogP contribution in [0.25, 0.3) is 0 Å². The van der Waals surface area contributed by atoms with Gasteiger partial charge in [-0.25, -0.2) is 0 Å². The van der Waals surface area contributed by atoms with Gasteiger partial charge in [0.05, 0.1) is 12.3 Å². The molecule has 1 aromatic rings. The number of hydrogen-bond acceptors (Lipinski definition) is 6. The second-order valence-electron chi connectivity index (χ2n) is 5.31. The first-order valence-electron chi connectivity index (χ1n) is 6.35. The minimum atomic E-state index is -0.656. The topological polar surface area (TPSA) is 76.1 Å². The second kappa shape index (κ2) is 4.57. The summed E-state index contributed by atoms with van der Waals surface area (Å²) in [6, 6.07) is 3.20. The Morgan fingerprint density at radius 1 is 1.32 bits per heavy atom. The molecule has 106 valence electrons. The fourth-order valence-electron chi connectivity index (χ4n) is 2.71. The van der Waals surface area contributed by atoms with Gasteiger partial charge < -0.3 is 29.1 Å². The van der Waals surface area contributed by atoms with Crippen LogP contribution in [-0.2, 0) is 18.9 Å². The highest BCUT2D eigenvalue weighted by Crippen LogP contribution is 2.42. The Morgan fingerprint density at radius 3 is 2.68 bits per heavy atom. The van der Waals surface area contributed by atoms with Crippen LogP contribution in [0.1, 0.15) is 25.6 Å². The normalized spacial score (nSPS) is 38.3. The zero-order chi connectivity index (χ0) is 13.6. The highest BCUT2D eigenvalue weighted by molar-refractivity contribution is 5.10. The van der Waals surface area contributed by atoms with Crippen molar-refractivity contribution in [1.29, 1.82) is 0 Å². The van der Waals surface area contributed by atoms with E-state index in [0.717, 1.165) is 0 Å². The Hall–Kier alpha value is -0.920. The van der Waals surface area contributed by atoms with Crippen LogP contribution in [0.5, 0.6) is 0 Å². The minimum absolute atomic E-state index is 0.264. The monoisotopic (exact) mass is 269 g/mol. The first-order valence-corrected chi connectivity index (χ1v) is 6.35. The summed E-state index contributed by atoms with van der Waals surface area (Å²) in [6.07, 6.45) is 0.220. The van der Waals surface area contributed by atoms with Gasteiger partial charge >= 0.3 is 0 Å². The molecule has 5 atom stereocenters. The summed E-state index contributed by atoms with van der Waals surface area (Å²) in [5.74, 6) is 0.00521. The quantitative estimate of drug-likeness (QED) is 0.887. The predicted molar refractivity (Wildman–Crippen MR) is 65.1 cm³/mol. The molecule has 3 rings (SSSR count). The molecular formula is C13H19NO5. The van der Waals surface area contributed by atoms with Crippen molar-refractivity contribution in [2.45, 2.75) is 50.3 Å². The van der Waals surface area contributed by atoms with Gasteiger partial charge in [0.25, 0.3) is 0 Å². The Morgan fingerprint density at radius 2 is 2.05 bits per heavy atom. The van der Waals surface area contributed by atoms with E-state index in [9.17, 15) is 0 Å². The van der Waals surface area contributed by atoms with E-state index < -0.39 is 18.1 Å². The predicted octanol–water partition coefficient (Wildman–Crippen LogP) is 1.17. The average molecular weight is 269 g/mol. The van der Waals surface area contributed by atoms with Crippen LogP contribution < -0.4 is 5.73 Å². The summed E-state index contributed by atoms with van der Waals surface area (Å²) >= 11 is 0. The highest BCUT2D eigenvalue weighted by atomic mass is 16.8. The van der Waals surface area contributed by atoms with Crippen molar-refractivity contribution in [3.05, 3.63) is 24.2 Å². The van der Waals surface area contributed by atoms with Gasteiger partial charge in [-0.3, -0.25) is 0 Å². The third kappa shape index (κ3) is 2.19. The summed E-state index contributed by atoms with van der Waals surface area (Å²) in [4.78, 5) is 0. The maximum atomic E-state index is 6.20. The summed E-state index contributed by atoms with van der Waals surface area (Å²) in [5.41, 5.74) is 6.20. The second-order valence-corrected chi connectivity index (χ2v) is 5.31. The summed E-state index contributed by atoms with van der Waals surface area (Å²) in [7, 11) is 1.58. The van der Waals surface area contributed by atoms with Crippen LogP contribution in [0, 0.1) is 0 Å². The average Bonchev–Trinajstić information content (AvgIpc) is 3.02. The number of furan rings is 1. The van der Waals surface area contributed by atoms with Crippen LogP contribution in [0.4, 0.5) is 0 Å². The minimum Gasteiger partial charge on any atom is -0.468 e. The first-order chi connectivity index (χ1) is 9.02. The summed E-state index contributed by atoms with van der Waals surface area (Å²) in [5, 5.41) is 0. The lowest BCUT2D eigenvalue weighted by atomic mass is 10.0. The van der Waals surface area contributed by atoms with Gasteiger partial charge in [0.15, 0.2) is 12.1 Å². The molecule has 0 bridgehead atoms. The molecule has 0 unspecified atom stereocenters. The lowest BCUT2D eigenvalue weighted by molar-refractivity contribution is -0.229. The van der Waals surface area contributed by atoms with Gasteiger partial charge in [0.1, 0.15) is 24.1 Å². The molecule has 2 saturated heterocycles. The number of ether oxygens (including phenoxy) is 4. The van der Waals surface area contributed by atoms with E-state index in [1.54, 1.807) is 19.4 Å². The maximum Gasteiger partial charge on any atom is 0.186 e. The lowest BCUT2D eigenvalue weighted by Gasteiger charge is -2.25. The molecule has 6 nitrogen and oxygen atoms in total. The van der Waals surface area contributed by atoms with Crippen molar-refractivity contribution in [3.63, 3.8) is 0 Å². The van der Waals surface area contributed by atoms with Gasteiger partial charge in [-0.15, -0.1) is 0 Å². The Kier molecular flexibility index (Phi) is 3.15. The third-order valence-corrected chi connectivity index (χ3v) is 3.50. The molecule has 0 aliphatic carbocycles. The molecule has 1 aromatic heterocycles. The molecule has 2 N–H and O–H groups in total. The molecular weight excluding hydrogens is 250 g/mol. The van der Waals surface area contributed by atoms with E-state index in [4.69, 9.17) is 29.1 Å². The van der Waals surface area contributed by atoms with Crippen molar-refractivity contribution in [3.8, 4) is 0 Å². The molecule has 19 heavy (non-hydrogen) atoms. The fraction of sp³-hybridized carbons (Fsp3) is 0.692. The summed E-state index contributed by atoms with van der Waals surface area (Å²) < 4.78 is 28.1. The molecule has 6 heteroatoms. The largest absolute Gasteiger partial charge is 0.468 e. The van der Waals surface area contributed by atoms with Gasteiger partial charge in [0.2, 0.25) is 0 Å². The van der Waals surface area contributed by atoms with Crippen molar-refractivity contribution < 1.29 is 23.4 Å². The molecule has 0 amide bonds. The van der Waals surface area contributed by atoms with E-state index in [-0.39, 0.29) is 18.3 Å². The number of nitrogens with two attached hydrogens (primary N) is 1. The molecule has 2 aliphatic rings. The number of methoxy groups -OCH3 is 1. The Bertz CT molecular complexity index is 432. The van der Waals surface area contributed by atoms with Crippen LogP contribution in [-0.4, -0.2) is 37.5 Å². The third-order valence-electron chi connectivity index (χ3n) is 3.50. The molecule has 0 spiro atoms. The smallest absolute Gasteiger partial charge is 0.186 e. The molecule has 0 saturated carbocycles. The Labute approximate surface area is 111 Å². The van der Waals surface area contributed by atoms with Crippen molar-refractivity contribution >= 4 is 0 Å². The molecule has 2 aliphatic heterocycles. The number of hydrogen-bond donors (Lipinski definition) is 1. The SMILES string of the molecule is CO[C@@H]1O[C@H]([C@H](N)c2ccco2)[C@H]2OC(C)(C)O[C@@H]12. The van der Waals surface area contributed by atoms with Crippen molar-refractivity contribution in [2.24, 2.45) is 5.73 Å². The standard InChI is InChI=1S/C13H19NO5/c1-13(2)18-10-9(8(14)7-5-4-6-16-7)17-12(15-3)11(10)19-13/h4-6,8-12H,14H2,1-3H3/t8-,9-,10-,11-,12-/m1/s1. The van der Waals surface area contributed by atoms with Crippen LogP contribution in [0.3, 0.4) is 0 Å². The van der Waals surface area contributed by atoms with Crippen molar-refractivity contribution in [1.82, 2.24) is 0 Å². The van der Waals surface area contributed by atoms with Gasteiger partial charge in [-0.05, 0) is 26.0 Å². The molecule has 2 fully saturated rings. The van der Waals surface area contributed by atoms with E-state index in [1.165, 1.54) is 0 Å². The lowest BCUT2D eigenvalue weighted by Crippen LogP contribution is -2.37. The first kappa shape index (κ1) is 13.1. The molecule has 3 heterocycles. The molecule has 0 aromatic carbocycles. The number of fused-ring (bicyclic) bond motifs is 1. The maximum absolute atomic E-state index is 6.20. The fourth-order valence-corrected chi connectivity index (χ4v) is 2.71. The number of rotatable bonds is 3. The Balaban J connectivity index is 1.83. The van der Waals surface area contributed by atoms with Crippen LogP contribution in [0.2, 0.25) is 0 Å². The van der Waals surface area contributed by atoms with E-state index in [1.807, 2.05) is 19.9 Å². The van der Waals surface area contributed by atoms with Gasteiger partial charge in [-0.1, -0.05) is 0 Å². The van der Waals surface area contributed by atoms with E-state index in [2.05, 4.69) is 0 Å². The van der Waals surface area contributed by atoms with E-state index >= 15 is 0 Å².